The minimum atomic E-state index is -1.24. The molecule has 0 unspecified atom stereocenters. The van der Waals surface area contributed by atoms with Crippen LogP contribution in [-0.4, -0.2) is 31.9 Å². The molecule has 0 fully saturated rings. The van der Waals surface area contributed by atoms with Gasteiger partial charge in [0.2, 0.25) is 0 Å². The lowest BCUT2D eigenvalue weighted by Crippen LogP contribution is -2.13. The summed E-state index contributed by atoms with van der Waals surface area (Å²) >= 11 is 0. The predicted molar refractivity (Wildman–Crippen MR) is 60.3 cm³/mol. The van der Waals surface area contributed by atoms with Gasteiger partial charge in [0, 0.05) is 6.07 Å². The van der Waals surface area contributed by atoms with Crippen LogP contribution in [-0.2, 0) is 0 Å². The zero-order chi connectivity index (χ0) is 13.3. The van der Waals surface area contributed by atoms with Gasteiger partial charge in [0.25, 0.3) is 5.56 Å². The fourth-order valence-corrected chi connectivity index (χ4v) is 1.45. The van der Waals surface area contributed by atoms with E-state index in [1.54, 1.807) is 0 Å². The Kier molecular flexibility index (Phi) is 2.72. The van der Waals surface area contributed by atoms with E-state index in [9.17, 15) is 14.4 Å². The second kappa shape index (κ2) is 4.21. The number of aromatic amines is 1. The number of rotatable bonds is 3. The molecule has 0 aliphatic carbocycles. The molecule has 7 heteroatoms. The van der Waals surface area contributed by atoms with Crippen molar-refractivity contribution >= 4 is 11.9 Å². The third-order valence-electron chi connectivity index (χ3n) is 2.32. The molecule has 0 amide bonds. The molecule has 0 bridgehead atoms. The van der Waals surface area contributed by atoms with Gasteiger partial charge in [-0.25, -0.2) is 14.3 Å². The van der Waals surface area contributed by atoms with Gasteiger partial charge in [-0.2, -0.15) is 0 Å². The van der Waals surface area contributed by atoms with Gasteiger partial charge in [-0.15, -0.1) is 0 Å². The molecular weight excluding hydrogens is 240 g/mol. The Morgan fingerprint density at radius 2 is 1.67 bits per heavy atom. The Morgan fingerprint density at radius 3 is 2.11 bits per heavy atom. The van der Waals surface area contributed by atoms with E-state index in [-0.39, 0.29) is 11.3 Å². The van der Waals surface area contributed by atoms with Gasteiger partial charge in [-0.3, -0.25) is 9.89 Å². The van der Waals surface area contributed by atoms with Crippen LogP contribution < -0.4 is 5.56 Å². The summed E-state index contributed by atoms with van der Waals surface area (Å²) in [6, 6.07) is 6.42. The molecule has 1 heterocycles. The molecule has 1 aromatic carbocycles. The summed E-state index contributed by atoms with van der Waals surface area (Å²) < 4.78 is 1.02. The van der Waals surface area contributed by atoms with Gasteiger partial charge >= 0.3 is 11.9 Å². The Bertz CT molecular complexity index is 665. The van der Waals surface area contributed by atoms with Crippen LogP contribution in [0.15, 0.2) is 35.1 Å². The fourth-order valence-electron chi connectivity index (χ4n) is 1.45. The smallest absolute Gasteiger partial charge is 0.353 e. The first kappa shape index (κ1) is 11.6. The van der Waals surface area contributed by atoms with E-state index in [0.717, 1.165) is 10.7 Å². The molecule has 0 saturated heterocycles. The van der Waals surface area contributed by atoms with Crippen molar-refractivity contribution in [3.63, 3.8) is 0 Å². The zero-order valence-corrected chi connectivity index (χ0v) is 8.95. The zero-order valence-electron chi connectivity index (χ0n) is 8.95. The molecule has 0 radical (unpaired) electrons. The van der Waals surface area contributed by atoms with Crippen LogP contribution in [0.3, 0.4) is 0 Å². The minimum Gasteiger partial charge on any atom is -0.478 e. The molecule has 0 saturated carbocycles. The third kappa shape index (κ3) is 2.01. The van der Waals surface area contributed by atoms with Crippen LogP contribution >= 0.6 is 0 Å². The van der Waals surface area contributed by atoms with E-state index in [2.05, 4.69) is 5.10 Å². The molecule has 2 aromatic rings. The van der Waals surface area contributed by atoms with Crippen molar-refractivity contribution in [3.8, 4) is 5.69 Å². The average Bonchev–Trinajstić information content (AvgIpc) is 2.71. The summed E-state index contributed by atoms with van der Waals surface area (Å²) in [7, 11) is 0. The number of aromatic nitrogens is 2. The van der Waals surface area contributed by atoms with Crippen LogP contribution in [0.4, 0.5) is 0 Å². The number of carboxylic acid groups (broad SMARTS) is 2. The van der Waals surface area contributed by atoms with Crippen molar-refractivity contribution in [3.05, 3.63) is 51.9 Å². The fraction of sp³-hybridized carbons (Fsp3) is 0. The number of nitrogens with one attached hydrogen (secondary N) is 1. The Hall–Kier alpha value is -2.83. The van der Waals surface area contributed by atoms with Crippen molar-refractivity contribution in [1.29, 1.82) is 0 Å². The average molecular weight is 248 g/mol. The summed E-state index contributed by atoms with van der Waals surface area (Å²) in [5.41, 5.74) is -0.327. The highest BCUT2D eigenvalue weighted by atomic mass is 16.4. The second-order valence-corrected chi connectivity index (χ2v) is 3.50. The van der Waals surface area contributed by atoms with Crippen LogP contribution in [0, 0.1) is 0 Å². The van der Waals surface area contributed by atoms with Gasteiger partial charge in [0.1, 0.15) is 5.69 Å². The predicted octanol–water partition coefficient (Wildman–Crippen LogP) is 0.562. The molecule has 2 rings (SSSR count). The molecule has 18 heavy (non-hydrogen) atoms. The lowest BCUT2D eigenvalue weighted by Gasteiger charge is -2.01. The van der Waals surface area contributed by atoms with Crippen LogP contribution in [0.1, 0.15) is 20.8 Å². The topological polar surface area (TPSA) is 112 Å². The Morgan fingerprint density at radius 1 is 1.06 bits per heavy atom. The van der Waals surface area contributed by atoms with Crippen molar-refractivity contribution in [1.82, 2.24) is 9.78 Å². The Labute approximate surface area is 99.9 Å². The van der Waals surface area contributed by atoms with E-state index in [1.165, 1.54) is 24.3 Å². The van der Waals surface area contributed by atoms with Crippen molar-refractivity contribution in [2.45, 2.75) is 0 Å². The maximum atomic E-state index is 11.5. The molecule has 3 N–H and O–H groups in total. The van der Waals surface area contributed by atoms with E-state index in [4.69, 9.17) is 10.2 Å². The van der Waals surface area contributed by atoms with Gasteiger partial charge < -0.3 is 10.2 Å². The lowest BCUT2D eigenvalue weighted by atomic mass is 10.2. The molecule has 0 atom stereocenters. The second-order valence-electron chi connectivity index (χ2n) is 3.50. The van der Waals surface area contributed by atoms with Gasteiger partial charge in [-0.05, 0) is 24.3 Å². The maximum absolute atomic E-state index is 11.5. The minimum absolute atomic E-state index is 0.0804. The molecule has 0 aliphatic heterocycles. The molecule has 0 spiro atoms. The maximum Gasteiger partial charge on any atom is 0.353 e. The molecular formula is C11H8N2O5. The molecule has 7 nitrogen and oxygen atoms in total. The SMILES string of the molecule is O=C(O)c1ccc(-n2[nH]c(C(=O)O)cc2=O)cc1. The Balaban J connectivity index is 2.46. The summed E-state index contributed by atoms with van der Waals surface area (Å²) in [5.74, 6) is -2.32. The first-order chi connectivity index (χ1) is 8.49. The van der Waals surface area contributed by atoms with Crippen LogP contribution in [0.25, 0.3) is 5.69 Å². The van der Waals surface area contributed by atoms with Crippen molar-refractivity contribution in [2.24, 2.45) is 0 Å². The summed E-state index contributed by atoms with van der Waals surface area (Å²) in [5, 5.41) is 19.9. The number of hydrogen-bond donors (Lipinski definition) is 3. The van der Waals surface area contributed by atoms with Crippen molar-refractivity contribution in [2.75, 3.05) is 0 Å². The normalized spacial score (nSPS) is 10.2. The number of hydrogen-bond acceptors (Lipinski definition) is 3. The standard InChI is InChI=1S/C11H8N2O5/c14-9-5-8(11(17)18)12-13(9)7-3-1-6(2-4-7)10(15)16/h1-5,12H,(H,15,16)(H,17,18). The van der Waals surface area contributed by atoms with Crippen LogP contribution in [0.5, 0.6) is 0 Å². The van der Waals surface area contributed by atoms with Crippen LogP contribution in [0.2, 0.25) is 0 Å². The highest BCUT2D eigenvalue weighted by Gasteiger charge is 2.10. The summed E-state index contributed by atoms with van der Waals surface area (Å²) in [4.78, 5) is 32.9. The van der Waals surface area contributed by atoms with E-state index in [0.29, 0.717) is 5.69 Å². The quantitative estimate of drug-likeness (QED) is 0.734. The van der Waals surface area contributed by atoms with E-state index in [1.807, 2.05) is 0 Å². The van der Waals surface area contributed by atoms with E-state index >= 15 is 0 Å². The number of benzene rings is 1. The summed E-state index contributed by atoms with van der Waals surface area (Å²) in [6.07, 6.45) is 0. The number of carboxylic acids is 2. The molecule has 0 aliphatic rings. The van der Waals surface area contributed by atoms with Gasteiger partial charge in [0.15, 0.2) is 0 Å². The van der Waals surface area contributed by atoms with Gasteiger partial charge in [-0.1, -0.05) is 0 Å². The molecule has 92 valence electrons. The lowest BCUT2D eigenvalue weighted by molar-refractivity contribution is 0.0682. The molecule has 1 aromatic heterocycles. The van der Waals surface area contributed by atoms with E-state index < -0.39 is 17.5 Å². The number of carbonyl (C=O) groups is 2. The monoisotopic (exact) mass is 248 g/mol. The highest BCUT2D eigenvalue weighted by Crippen LogP contribution is 2.07. The number of H-pyrrole nitrogens is 1. The van der Waals surface area contributed by atoms with Gasteiger partial charge in [0.05, 0.1) is 11.3 Å². The number of nitrogens with zero attached hydrogens (tertiary/aromatic N) is 1. The first-order valence-electron chi connectivity index (χ1n) is 4.88. The first-order valence-corrected chi connectivity index (χ1v) is 4.88. The van der Waals surface area contributed by atoms with Crippen molar-refractivity contribution < 1.29 is 19.8 Å². The summed E-state index contributed by atoms with van der Waals surface area (Å²) in [6.45, 7) is 0. The largest absolute Gasteiger partial charge is 0.478 e. The third-order valence-corrected chi connectivity index (χ3v) is 2.32. The number of aromatic carboxylic acids is 2. The highest BCUT2D eigenvalue weighted by molar-refractivity contribution is 5.87.